The summed E-state index contributed by atoms with van der Waals surface area (Å²) < 4.78 is 5.47. The topological polar surface area (TPSA) is 51.0 Å². The highest BCUT2D eigenvalue weighted by Crippen LogP contribution is 2.36. The Balaban J connectivity index is 1.74. The summed E-state index contributed by atoms with van der Waals surface area (Å²) in [6.07, 6.45) is 5.29. The molecule has 2 aromatic rings. The lowest BCUT2D eigenvalue weighted by Gasteiger charge is -2.11. The quantitative estimate of drug-likeness (QED) is 0.886. The molecule has 4 heteroatoms. The maximum absolute atomic E-state index is 5.47. The largest absolute Gasteiger partial charge is 0.339 e. The molecule has 1 aliphatic carbocycles. The molecule has 0 saturated heterocycles. The maximum Gasteiger partial charge on any atom is 0.228 e. The van der Waals surface area contributed by atoms with Gasteiger partial charge in [-0.25, -0.2) is 0 Å². The standard InChI is InChI=1S/C17H23N3O/c1-3-6-13(18-2)11-16-19-17(20-21-16)15-10-9-12-7-4-5-8-14(12)15/h4-5,7-8,13,15,18H,3,6,9-11H2,1-2H3. The van der Waals surface area contributed by atoms with Crippen LogP contribution in [0.25, 0.3) is 0 Å². The van der Waals surface area contributed by atoms with Crippen molar-refractivity contribution in [2.75, 3.05) is 7.05 Å². The zero-order valence-electron chi connectivity index (χ0n) is 12.8. The maximum atomic E-state index is 5.47. The number of hydrogen-bond acceptors (Lipinski definition) is 4. The average Bonchev–Trinajstić information content (AvgIpc) is 3.13. The van der Waals surface area contributed by atoms with Crippen molar-refractivity contribution < 1.29 is 4.52 Å². The molecule has 1 aromatic heterocycles. The second-order valence-corrected chi connectivity index (χ2v) is 5.81. The van der Waals surface area contributed by atoms with E-state index in [1.54, 1.807) is 0 Å². The normalized spacial score (nSPS) is 18.7. The Hall–Kier alpha value is -1.68. The van der Waals surface area contributed by atoms with Crippen LogP contribution in [-0.4, -0.2) is 23.2 Å². The van der Waals surface area contributed by atoms with Gasteiger partial charge in [0.25, 0.3) is 0 Å². The van der Waals surface area contributed by atoms with E-state index in [4.69, 9.17) is 4.52 Å². The first-order chi connectivity index (χ1) is 10.3. The van der Waals surface area contributed by atoms with Crippen LogP contribution in [0.3, 0.4) is 0 Å². The molecule has 1 heterocycles. The Labute approximate surface area is 126 Å². The van der Waals surface area contributed by atoms with Gasteiger partial charge in [-0.2, -0.15) is 4.98 Å². The molecule has 0 spiro atoms. The van der Waals surface area contributed by atoms with Crippen LogP contribution in [0.5, 0.6) is 0 Å². The highest BCUT2D eigenvalue weighted by atomic mass is 16.5. The number of likely N-dealkylation sites (N-methyl/N-ethyl adjacent to an activating group) is 1. The van der Waals surface area contributed by atoms with E-state index >= 15 is 0 Å². The molecule has 0 amide bonds. The monoisotopic (exact) mass is 285 g/mol. The molecule has 0 fully saturated rings. The van der Waals surface area contributed by atoms with Crippen molar-refractivity contribution in [3.05, 3.63) is 47.1 Å². The van der Waals surface area contributed by atoms with Gasteiger partial charge in [0.1, 0.15) is 0 Å². The van der Waals surface area contributed by atoms with Gasteiger partial charge in [0.05, 0.1) is 0 Å². The number of nitrogens with one attached hydrogen (secondary N) is 1. The van der Waals surface area contributed by atoms with E-state index in [1.165, 1.54) is 11.1 Å². The van der Waals surface area contributed by atoms with Crippen LogP contribution in [0.2, 0.25) is 0 Å². The number of fused-ring (bicyclic) bond motifs is 1. The molecule has 21 heavy (non-hydrogen) atoms. The van der Waals surface area contributed by atoms with Crippen molar-refractivity contribution in [1.82, 2.24) is 15.5 Å². The van der Waals surface area contributed by atoms with Crippen molar-refractivity contribution in [2.24, 2.45) is 0 Å². The lowest BCUT2D eigenvalue weighted by molar-refractivity contribution is 0.351. The molecule has 2 atom stereocenters. The fourth-order valence-electron chi connectivity index (χ4n) is 3.23. The van der Waals surface area contributed by atoms with Crippen LogP contribution in [0.15, 0.2) is 28.8 Å². The van der Waals surface area contributed by atoms with E-state index in [9.17, 15) is 0 Å². The number of benzene rings is 1. The van der Waals surface area contributed by atoms with Crippen molar-refractivity contribution >= 4 is 0 Å². The first-order valence-electron chi connectivity index (χ1n) is 7.89. The smallest absolute Gasteiger partial charge is 0.228 e. The molecule has 4 nitrogen and oxygen atoms in total. The number of aryl methyl sites for hydroxylation is 1. The fraction of sp³-hybridized carbons (Fsp3) is 0.529. The predicted octanol–water partition coefficient (Wildman–Crippen LogP) is 3.08. The van der Waals surface area contributed by atoms with Gasteiger partial charge in [0, 0.05) is 18.4 Å². The van der Waals surface area contributed by atoms with Crippen LogP contribution in [-0.2, 0) is 12.8 Å². The molecular formula is C17H23N3O. The highest BCUT2D eigenvalue weighted by molar-refractivity contribution is 5.38. The summed E-state index contributed by atoms with van der Waals surface area (Å²) in [6, 6.07) is 9.01. The van der Waals surface area contributed by atoms with Crippen LogP contribution >= 0.6 is 0 Å². The number of aromatic nitrogens is 2. The predicted molar refractivity (Wildman–Crippen MR) is 82.4 cm³/mol. The molecule has 1 N–H and O–H groups in total. The summed E-state index contributed by atoms with van der Waals surface area (Å²) >= 11 is 0. The van der Waals surface area contributed by atoms with Crippen molar-refractivity contribution in [3.8, 4) is 0 Å². The molecule has 112 valence electrons. The van der Waals surface area contributed by atoms with Gasteiger partial charge in [0.15, 0.2) is 5.82 Å². The van der Waals surface area contributed by atoms with Gasteiger partial charge >= 0.3 is 0 Å². The molecule has 1 aliphatic rings. The van der Waals surface area contributed by atoms with Crippen LogP contribution < -0.4 is 5.32 Å². The SMILES string of the molecule is CCCC(Cc1nc(C2CCc3ccccc32)no1)NC. The van der Waals surface area contributed by atoms with Gasteiger partial charge in [-0.05, 0) is 37.4 Å². The summed E-state index contributed by atoms with van der Waals surface area (Å²) in [4.78, 5) is 4.64. The molecule has 0 radical (unpaired) electrons. The lowest BCUT2D eigenvalue weighted by atomic mass is 10.0. The van der Waals surface area contributed by atoms with E-state index < -0.39 is 0 Å². The van der Waals surface area contributed by atoms with E-state index in [0.29, 0.717) is 12.0 Å². The first kappa shape index (κ1) is 14.3. The van der Waals surface area contributed by atoms with Crippen molar-refractivity contribution in [3.63, 3.8) is 0 Å². The molecule has 0 aliphatic heterocycles. The Kier molecular flexibility index (Phi) is 4.34. The summed E-state index contributed by atoms with van der Waals surface area (Å²) in [7, 11) is 1.99. The Bertz CT molecular complexity index is 593. The zero-order chi connectivity index (χ0) is 14.7. The van der Waals surface area contributed by atoms with Crippen molar-refractivity contribution in [2.45, 2.75) is 51.0 Å². The lowest BCUT2D eigenvalue weighted by Crippen LogP contribution is -2.27. The third kappa shape index (κ3) is 3.00. The summed E-state index contributed by atoms with van der Waals surface area (Å²) in [5.41, 5.74) is 2.79. The third-order valence-corrected chi connectivity index (χ3v) is 4.39. The average molecular weight is 285 g/mol. The van der Waals surface area contributed by atoms with Gasteiger partial charge in [0.2, 0.25) is 5.89 Å². The Morgan fingerprint density at radius 2 is 2.24 bits per heavy atom. The summed E-state index contributed by atoms with van der Waals surface area (Å²) in [6.45, 7) is 2.19. The minimum Gasteiger partial charge on any atom is -0.339 e. The van der Waals surface area contributed by atoms with Crippen LogP contribution in [0.4, 0.5) is 0 Å². The Morgan fingerprint density at radius 3 is 3.05 bits per heavy atom. The molecule has 1 aromatic carbocycles. The van der Waals surface area contributed by atoms with E-state index in [2.05, 4.69) is 46.6 Å². The molecule has 0 saturated carbocycles. The second kappa shape index (κ2) is 6.39. The molecular weight excluding hydrogens is 262 g/mol. The van der Waals surface area contributed by atoms with Crippen molar-refractivity contribution in [1.29, 1.82) is 0 Å². The van der Waals surface area contributed by atoms with E-state index in [-0.39, 0.29) is 0 Å². The van der Waals surface area contributed by atoms with Crippen LogP contribution in [0, 0.1) is 0 Å². The summed E-state index contributed by atoms with van der Waals surface area (Å²) in [5, 5.41) is 7.55. The van der Waals surface area contributed by atoms with E-state index in [1.807, 2.05) is 7.05 Å². The highest BCUT2D eigenvalue weighted by Gasteiger charge is 2.27. The minimum absolute atomic E-state index is 0.304. The molecule has 2 unspecified atom stereocenters. The Morgan fingerprint density at radius 1 is 1.38 bits per heavy atom. The van der Waals surface area contributed by atoms with Gasteiger partial charge in [-0.3, -0.25) is 0 Å². The number of hydrogen-bond donors (Lipinski definition) is 1. The summed E-state index contributed by atoms with van der Waals surface area (Å²) in [5.74, 6) is 1.90. The molecule has 3 rings (SSSR count). The third-order valence-electron chi connectivity index (χ3n) is 4.39. The molecule has 0 bridgehead atoms. The fourth-order valence-corrected chi connectivity index (χ4v) is 3.23. The number of nitrogens with zero attached hydrogens (tertiary/aromatic N) is 2. The van der Waals surface area contributed by atoms with Crippen LogP contribution in [0.1, 0.15) is 54.9 Å². The minimum atomic E-state index is 0.304. The van der Waals surface area contributed by atoms with Gasteiger partial charge < -0.3 is 9.84 Å². The zero-order valence-corrected chi connectivity index (χ0v) is 12.8. The second-order valence-electron chi connectivity index (χ2n) is 5.81. The number of rotatable bonds is 6. The first-order valence-corrected chi connectivity index (χ1v) is 7.89. The van der Waals surface area contributed by atoms with E-state index in [0.717, 1.165) is 43.8 Å². The van der Waals surface area contributed by atoms with Gasteiger partial charge in [-0.1, -0.05) is 42.8 Å². The van der Waals surface area contributed by atoms with Gasteiger partial charge in [-0.15, -0.1) is 0 Å².